The molecule has 0 aromatic heterocycles. The number of carbonyl (C=O) groups excluding carboxylic acids is 3. The second-order valence-corrected chi connectivity index (χ2v) is 11.4. The molecule has 0 bridgehead atoms. The van der Waals surface area contributed by atoms with E-state index in [0.29, 0.717) is 49.3 Å². The molecular weight excluding hydrogens is 571 g/mol. The predicted molar refractivity (Wildman–Crippen MR) is 161 cm³/mol. The lowest BCUT2D eigenvalue weighted by Crippen LogP contribution is -2.47. The number of primary amides is 1. The van der Waals surface area contributed by atoms with Crippen LogP contribution in [0.1, 0.15) is 51.5 Å². The highest BCUT2D eigenvalue weighted by Crippen LogP contribution is 2.34. The SMILES string of the molecule is CN1CCN(C(=O)c2cccc([C@H](CCC(N)=O)NC(=O)N3CCc4c(cccc4-c4ccc(C(F)(F)F)cc4)C3)c2)CC1. The van der Waals surface area contributed by atoms with Crippen molar-refractivity contribution in [1.29, 1.82) is 0 Å². The van der Waals surface area contributed by atoms with Crippen LogP contribution < -0.4 is 11.1 Å². The van der Waals surface area contributed by atoms with Crippen molar-refractivity contribution in [1.82, 2.24) is 20.0 Å². The number of nitrogens with one attached hydrogen (secondary N) is 1. The van der Waals surface area contributed by atoms with E-state index in [4.69, 9.17) is 5.73 Å². The molecule has 232 valence electrons. The van der Waals surface area contributed by atoms with Crippen molar-refractivity contribution in [2.75, 3.05) is 39.8 Å². The van der Waals surface area contributed by atoms with Crippen molar-refractivity contribution >= 4 is 17.8 Å². The summed E-state index contributed by atoms with van der Waals surface area (Å²) in [6, 6.07) is 17.0. The summed E-state index contributed by atoms with van der Waals surface area (Å²) in [5.74, 6) is -0.562. The quantitative estimate of drug-likeness (QED) is 0.402. The van der Waals surface area contributed by atoms with Crippen LogP contribution in [0.5, 0.6) is 0 Å². The maximum absolute atomic E-state index is 13.5. The number of likely N-dealkylation sites (N-methyl/N-ethyl adjacent to an activating group) is 1. The molecule has 0 spiro atoms. The highest BCUT2D eigenvalue weighted by molar-refractivity contribution is 5.94. The van der Waals surface area contributed by atoms with Crippen LogP contribution in [0.15, 0.2) is 66.7 Å². The molecule has 0 unspecified atom stereocenters. The van der Waals surface area contributed by atoms with E-state index in [0.717, 1.165) is 41.9 Å². The minimum Gasteiger partial charge on any atom is -0.370 e. The first-order valence-corrected chi connectivity index (χ1v) is 14.7. The number of rotatable bonds is 7. The average molecular weight is 608 g/mol. The van der Waals surface area contributed by atoms with Gasteiger partial charge in [-0.2, -0.15) is 13.2 Å². The number of fused-ring (bicyclic) bond motifs is 1. The lowest BCUT2D eigenvalue weighted by atomic mass is 9.90. The van der Waals surface area contributed by atoms with Crippen molar-refractivity contribution in [3.63, 3.8) is 0 Å². The lowest BCUT2D eigenvalue weighted by molar-refractivity contribution is -0.137. The Balaban J connectivity index is 1.31. The summed E-state index contributed by atoms with van der Waals surface area (Å²) in [6.07, 6.45) is -3.54. The molecular formula is C33H36F3N5O3. The number of halogens is 3. The Kier molecular flexibility index (Phi) is 9.24. The van der Waals surface area contributed by atoms with E-state index in [9.17, 15) is 27.6 Å². The standard InChI is InChI=1S/C33H36F3N5O3/c1-39-16-18-40(19-17-39)31(43)24-5-2-4-23(20-24)29(12-13-30(37)42)38-32(44)41-15-14-28-25(21-41)6-3-7-27(28)22-8-10-26(11-9-22)33(34,35)36/h2-11,20,29H,12-19,21H2,1H3,(H2,37,42)(H,38,44)/t29-/m0/s1. The molecule has 3 aromatic rings. The van der Waals surface area contributed by atoms with Gasteiger partial charge in [-0.25, -0.2) is 4.79 Å². The van der Waals surface area contributed by atoms with Crippen LogP contribution >= 0.6 is 0 Å². The monoisotopic (exact) mass is 607 g/mol. The zero-order valence-electron chi connectivity index (χ0n) is 24.6. The molecule has 1 saturated heterocycles. The number of carbonyl (C=O) groups is 3. The van der Waals surface area contributed by atoms with Crippen LogP contribution in [0.2, 0.25) is 0 Å². The number of nitrogens with two attached hydrogens (primary N) is 1. The first-order valence-electron chi connectivity index (χ1n) is 14.7. The zero-order chi connectivity index (χ0) is 31.4. The molecule has 11 heteroatoms. The Labute approximate surface area is 254 Å². The van der Waals surface area contributed by atoms with Gasteiger partial charge in [-0.05, 0) is 72.0 Å². The van der Waals surface area contributed by atoms with Crippen molar-refractivity contribution in [2.45, 2.75) is 38.0 Å². The fourth-order valence-electron chi connectivity index (χ4n) is 5.82. The van der Waals surface area contributed by atoms with Gasteiger partial charge < -0.3 is 25.8 Å². The molecule has 2 heterocycles. The van der Waals surface area contributed by atoms with E-state index in [2.05, 4.69) is 10.2 Å². The van der Waals surface area contributed by atoms with Gasteiger partial charge in [0.1, 0.15) is 0 Å². The highest BCUT2D eigenvalue weighted by atomic mass is 19.4. The maximum Gasteiger partial charge on any atom is 0.416 e. The van der Waals surface area contributed by atoms with Gasteiger partial charge >= 0.3 is 12.2 Å². The summed E-state index contributed by atoms with van der Waals surface area (Å²) in [4.78, 5) is 44.1. The van der Waals surface area contributed by atoms with Crippen LogP contribution in [-0.4, -0.2) is 72.3 Å². The third kappa shape index (κ3) is 7.21. The summed E-state index contributed by atoms with van der Waals surface area (Å²) in [5, 5.41) is 3.05. The van der Waals surface area contributed by atoms with E-state index in [1.807, 2.05) is 36.2 Å². The number of piperazine rings is 1. The Morgan fingerprint density at radius 3 is 2.30 bits per heavy atom. The highest BCUT2D eigenvalue weighted by Gasteiger charge is 2.31. The van der Waals surface area contributed by atoms with Crippen LogP contribution in [0.25, 0.3) is 11.1 Å². The van der Waals surface area contributed by atoms with Crippen molar-refractivity contribution < 1.29 is 27.6 Å². The summed E-state index contributed by atoms with van der Waals surface area (Å²) < 4.78 is 39.2. The average Bonchev–Trinajstić information content (AvgIpc) is 3.02. The van der Waals surface area contributed by atoms with Gasteiger partial charge in [-0.1, -0.05) is 42.5 Å². The third-order valence-electron chi connectivity index (χ3n) is 8.38. The number of nitrogens with zero attached hydrogens (tertiary/aromatic N) is 3. The normalized spacial score (nSPS) is 16.3. The number of hydrogen-bond acceptors (Lipinski definition) is 4. The van der Waals surface area contributed by atoms with E-state index < -0.39 is 23.7 Å². The van der Waals surface area contributed by atoms with E-state index in [1.54, 1.807) is 23.1 Å². The Morgan fingerprint density at radius 1 is 0.909 bits per heavy atom. The van der Waals surface area contributed by atoms with Crippen LogP contribution in [0.3, 0.4) is 0 Å². The molecule has 5 rings (SSSR count). The molecule has 2 aliphatic rings. The molecule has 0 saturated carbocycles. The van der Waals surface area contributed by atoms with Crippen molar-refractivity contribution in [3.05, 3.63) is 94.5 Å². The predicted octanol–water partition coefficient (Wildman–Crippen LogP) is 4.83. The molecule has 2 aliphatic heterocycles. The number of benzene rings is 3. The number of urea groups is 1. The van der Waals surface area contributed by atoms with Gasteiger partial charge in [-0.15, -0.1) is 0 Å². The van der Waals surface area contributed by atoms with E-state index >= 15 is 0 Å². The number of alkyl halides is 3. The Hall–Kier alpha value is -4.38. The summed E-state index contributed by atoms with van der Waals surface area (Å²) in [6.45, 7) is 3.60. The second-order valence-electron chi connectivity index (χ2n) is 11.4. The first-order chi connectivity index (χ1) is 21.0. The van der Waals surface area contributed by atoms with E-state index in [-0.39, 0.29) is 24.8 Å². The van der Waals surface area contributed by atoms with Gasteiger partial charge in [0.2, 0.25) is 5.91 Å². The maximum atomic E-state index is 13.5. The number of hydrogen-bond donors (Lipinski definition) is 2. The molecule has 8 nitrogen and oxygen atoms in total. The van der Waals surface area contributed by atoms with Gasteiger partial charge in [0.15, 0.2) is 0 Å². The summed E-state index contributed by atoms with van der Waals surface area (Å²) in [5.41, 5.74) is 9.41. The second kappa shape index (κ2) is 13.1. The van der Waals surface area contributed by atoms with Crippen LogP contribution in [-0.2, 0) is 23.9 Å². The fourth-order valence-corrected chi connectivity index (χ4v) is 5.82. The molecule has 0 radical (unpaired) electrons. The van der Waals surface area contributed by atoms with Crippen molar-refractivity contribution in [2.24, 2.45) is 5.73 Å². The van der Waals surface area contributed by atoms with Gasteiger partial charge in [0.05, 0.1) is 11.6 Å². The van der Waals surface area contributed by atoms with Crippen LogP contribution in [0, 0.1) is 0 Å². The first kappa shape index (κ1) is 31.1. The summed E-state index contributed by atoms with van der Waals surface area (Å²) >= 11 is 0. The molecule has 1 fully saturated rings. The molecule has 0 aliphatic carbocycles. The zero-order valence-corrected chi connectivity index (χ0v) is 24.6. The molecule has 44 heavy (non-hydrogen) atoms. The topological polar surface area (TPSA) is 99.0 Å². The molecule has 4 amide bonds. The van der Waals surface area contributed by atoms with Gasteiger partial charge in [0.25, 0.3) is 5.91 Å². The largest absolute Gasteiger partial charge is 0.416 e. The third-order valence-corrected chi connectivity index (χ3v) is 8.38. The molecule has 3 aromatic carbocycles. The minimum absolute atomic E-state index is 0.0565. The smallest absolute Gasteiger partial charge is 0.370 e. The van der Waals surface area contributed by atoms with Crippen molar-refractivity contribution in [3.8, 4) is 11.1 Å². The summed E-state index contributed by atoms with van der Waals surface area (Å²) in [7, 11) is 2.02. The fraction of sp³-hybridized carbons (Fsp3) is 0.364. The Bertz CT molecular complexity index is 1520. The lowest BCUT2D eigenvalue weighted by Gasteiger charge is -2.33. The molecule has 1 atom stereocenters. The molecule has 3 N–H and O–H groups in total. The van der Waals surface area contributed by atoms with Crippen LogP contribution in [0.4, 0.5) is 18.0 Å². The van der Waals surface area contributed by atoms with Gasteiger partial charge in [0, 0.05) is 51.3 Å². The Morgan fingerprint density at radius 2 is 1.61 bits per heavy atom. The van der Waals surface area contributed by atoms with Gasteiger partial charge in [-0.3, -0.25) is 9.59 Å². The minimum atomic E-state index is -4.40. The van der Waals surface area contributed by atoms with E-state index in [1.165, 1.54) is 12.1 Å². The number of amides is 4.